The fraction of sp³-hybridized carbons (Fsp3) is 0.636. The van der Waals surface area contributed by atoms with Crippen molar-refractivity contribution in [2.45, 2.75) is 25.9 Å². The lowest BCUT2D eigenvalue weighted by molar-refractivity contribution is 0.358. The molecule has 0 saturated carbocycles. The molecule has 0 aromatic carbocycles. The maximum atomic E-state index is 5.49. The Morgan fingerprint density at radius 2 is 2.12 bits per heavy atom. The van der Waals surface area contributed by atoms with Gasteiger partial charge in [0.1, 0.15) is 5.76 Å². The molecule has 1 rings (SSSR count). The summed E-state index contributed by atoms with van der Waals surface area (Å²) in [7, 11) is 4.18. The lowest BCUT2D eigenvalue weighted by Gasteiger charge is -2.15. The Morgan fingerprint density at radius 1 is 1.44 bits per heavy atom. The van der Waals surface area contributed by atoms with Crippen LogP contribution < -0.4 is 5.32 Å². The van der Waals surface area contributed by atoms with Gasteiger partial charge in [0.2, 0.25) is 0 Å². The van der Waals surface area contributed by atoms with E-state index in [0.29, 0.717) is 6.04 Å². The van der Waals surface area contributed by atoms with Gasteiger partial charge in [-0.25, -0.2) is 0 Å². The standard InChI is InChI=1S/C11H18Br2N2O/c1-8(4-5-15(2)3)14-7-9-6-10(12)11(13)16-9/h6,8,14H,4-5,7H2,1-3H3. The number of nitrogens with zero attached hydrogens (tertiary/aromatic N) is 1. The summed E-state index contributed by atoms with van der Waals surface area (Å²) >= 11 is 6.72. The smallest absolute Gasteiger partial charge is 0.183 e. The summed E-state index contributed by atoms with van der Waals surface area (Å²) in [5, 5.41) is 3.43. The van der Waals surface area contributed by atoms with Crippen molar-refractivity contribution in [2.75, 3.05) is 20.6 Å². The molecule has 0 spiro atoms. The molecule has 92 valence electrons. The lowest BCUT2D eigenvalue weighted by Crippen LogP contribution is -2.29. The van der Waals surface area contributed by atoms with E-state index in [1.54, 1.807) is 0 Å². The quantitative estimate of drug-likeness (QED) is 0.851. The summed E-state index contributed by atoms with van der Waals surface area (Å²) in [6.07, 6.45) is 1.13. The molecule has 0 aliphatic heterocycles. The van der Waals surface area contributed by atoms with Crippen LogP contribution in [0.2, 0.25) is 0 Å². The van der Waals surface area contributed by atoms with Crippen molar-refractivity contribution in [3.05, 3.63) is 21.0 Å². The molecule has 1 N–H and O–H groups in total. The Hall–Kier alpha value is 0.160. The average molecular weight is 354 g/mol. The summed E-state index contributed by atoms with van der Waals surface area (Å²) < 4.78 is 7.21. The van der Waals surface area contributed by atoms with Crippen LogP contribution in [0.15, 0.2) is 19.6 Å². The van der Waals surface area contributed by atoms with E-state index in [4.69, 9.17) is 4.42 Å². The third-order valence-corrected chi connectivity index (χ3v) is 4.04. The van der Waals surface area contributed by atoms with Crippen LogP contribution in [0.3, 0.4) is 0 Å². The molecule has 0 aliphatic rings. The highest BCUT2D eigenvalue weighted by atomic mass is 79.9. The first-order valence-electron chi connectivity index (χ1n) is 5.31. The summed E-state index contributed by atoms with van der Waals surface area (Å²) in [6, 6.07) is 2.47. The fourth-order valence-electron chi connectivity index (χ4n) is 1.31. The molecule has 1 aromatic rings. The molecule has 0 fully saturated rings. The maximum Gasteiger partial charge on any atom is 0.183 e. The third-order valence-electron chi connectivity index (χ3n) is 2.33. The Labute approximate surface area is 114 Å². The highest BCUT2D eigenvalue weighted by Gasteiger charge is 2.07. The summed E-state index contributed by atoms with van der Waals surface area (Å²) in [4.78, 5) is 2.19. The van der Waals surface area contributed by atoms with Gasteiger partial charge in [0.25, 0.3) is 0 Å². The topological polar surface area (TPSA) is 28.4 Å². The second kappa shape index (κ2) is 6.79. The van der Waals surface area contributed by atoms with Crippen LogP contribution in [-0.4, -0.2) is 31.6 Å². The number of hydrogen-bond acceptors (Lipinski definition) is 3. The molecule has 0 aliphatic carbocycles. The summed E-state index contributed by atoms with van der Waals surface area (Å²) in [6.45, 7) is 4.05. The first-order chi connectivity index (χ1) is 7.49. The minimum absolute atomic E-state index is 0.491. The van der Waals surface area contributed by atoms with Crippen molar-refractivity contribution < 1.29 is 4.42 Å². The van der Waals surface area contributed by atoms with Gasteiger partial charge in [-0.05, 0) is 71.9 Å². The average Bonchev–Trinajstić information content (AvgIpc) is 2.52. The number of rotatable bonds is 6. The fourth-order valence-corrected chi connectivity index (χ4v) is 1.97. The number of halogens is 2. The Bertz CT molecular complexity index is 306. The number of furan rings is 1. The monoisotopic (exact) mass is 352 g/mol. The van der Waals surface area contributed by atoms with Gasteiger partial charge in [-0.1, -0.05) is 0 Å². The highest BCUT2D eigenvalue weighted by molar-refractivity contribution is 9.13. The van der Waals surface area contributed by atoms with E-state index in [-0.39, 0.29) is 0 Å². The van der Waals surface area contributed by atoms with Crippen LogP contribution in [0.1, 0.15) is 19.1 Å². The minimum Gasteiger partial charge on any atom is -0.452 e. The van der Waals surface area contributed by atoms with E-state index in [2.05, 4.69) is 63.1 Å². The zero-order valence-electron chi connectivity index (χ0n) is 9.89. The normalized spacial score (nSPS) is 13.4. The molecule has 0 bridgehead atoms. The second-order valence-corrected chi connectivity index (χ2v) is 5.78. The van der Waals surface area contributed by atoms with Crippen molar-refractivity contribution in [1.82, 2.24) is 10.2 Å². The Kier molecular flexibility index (Phi) is 6.03. The van der Waals surface area contributed by atoms with Gasteiger partial charge in [-0.3, -0.25) is 0 Å². The van der Waals surface area contributed by atoms with Crippen molar-refractivity contribution in [1.29, 1.82) is 0 Å². The molecule has 1 heterocycles. The summed E-state index contributed by atoms with van der Waals surface area (Å²) in [5.41, 5.74) is 0. The van der Waals surface area contributed by atoms with Crippen molar-refractivity contribution in [3.63, 3.8) is 0 Å². The van der Waals surface area contributed by atoms with Crippen LogP contribution in [0.5, 0.6) is 0 Å². The van der Waals surface area contributed by atoms with E-state index >= 15 is 0 Å². The Balaban J connectivity index is 2.28. The highest BCUT2D eigenvalue weighted by Crippen LogP contribution is 2.26. The largest absolute Gasteiger partial charge is 0.452 e. The van der Waals surface area contributed by atoms with E-state index < -0.39 is 0 Å². The molecule has 0 amide bonds. The molecule has 0 radical (unpaired) electrons. The van der Waals surface area contributed by atoms with Crippen LogP contribution in [0.25, 0.3) is 0 Å². The molecule has 16 heavy (non-hydrogen) atoms. The molecule has 1 atom stereocenters. The molecular weight excluding hydrogens is 336 g/mol. The van der Waals surface area contributed by atoms with Gasteiger partial charge in [0.05, 0.1) is 11.0 Å². The van der Waals surface area contributed by atoms with Crippen molar-refractivity contribution >= 4 is 31.9 Å². The maximum absolute atomic E-state index is 5.49. The molecule has 1 aromatic heterocycles. The van der Waals surface area contributed by atoms with Gasteiger partial charge in [-0.2, -0.15) is 0 Å². The third kappa shape index (κ3) is 4.99. The number of nitrogens with one attached hydrogen (secondary N) is 1. The predicted molar refractivity (Wildman–Crippen MR) is 73.6 cm³/mol. The molecule has 1 unspecified atom stereocenters. The lowest BCUT2D eigenvalue weighted by atomic mass is 10.2. The zero-order chi connectivity index (χ0) is 12.1. The minimum atomic E-state index is 0.491. The molecule has 0 saturated heterocycles. The van der Waals surface area contributed by atoms with E-state index in [0.717, 1.165) is 34.4 Å². The van der Waals surface area contributed by atoms with Gasteiger partial charge < -0.3 is 14.6 Å². The van der Waals surface area contributed by atoms with Crippen LogP contribution >= 0.6 is 31.9 Å². The summed E-state index contributed by atoms with van der Waals surface area (Å²) in [5.74, 6) is 0.940. The van der Waals surface area contributed by atoms with Gasteiger partial charge in [0.15, 0.2) is 4.67 Å². The number of hydrogen-bond donors (Lipinski definition) is 1. The van der Waals surface area contributed by atoms with Crippen LogP contribution in [0.4, 0.5) is 0 Å². The van der Waals surface area contributed by atoms with Crippen molar-refractivity contribution in [2.24, 2.45) is 0 Å². The van der Waals surface area contributed by atoms with E-state index in [9.17, 15) is 0 Å². The Morgan fingerprint density at radius 3 is 2.62 bits per heavy atom. The van der Waals surface area contributed by atoms with Crippen LogP contribution in [0, 0.1) is 0 Å². The van der Waals surface area contributed by atoms with Gasteiger partial charge in [-0.15, -0.1) is 0 Å². The van der Waals surface area contributed by atoms with Gasteiger partial charge in [0, 0.05) is 6.04 Å². The van der Waals surface area contributed by atoms with E-state index in [1.807, 2.05) is 6.07 Å². The molecule has 3 nitrogen and oxygen atoms in total. The zero-order valence-corrected chi connectivity index (χ0v) is 13.1. The SMILES string of the molecule is CC(CCN(C)C)NCc1cc(Br)c(Br)o1. The predicted octanol–water partition coefficient (Wildman–Crippen LogP) is 3.23. The molecule has 5 heteroatoms. The van der Waals surface area contributed by atoms with Gasteiger partial charge >= 0.3 is 0 Å². The first kappa shape index (κ1) is 14.2. The van der Waals surface area contributed by atoms with Crippen LogP contribution in [-0.2, 0) is 6.54 Å². The second-order valence-electron chi connectivity index (χ2n) is 4.21. The van der Waals surface area contributed by atoms with Crippen molar-refractivity contribution in [3.8, 4) is 0 Å². The molecular formula is C11H18Br2N2O. The van der Waals surface area contributed by atoms with E-state index in [1.165, 1.54) is 0 Å². The first-order valence-corrected chi connectivity index (χ1v) is 6.89.